The first kappa shape index (κ1) is 19.4. The third-order valence-electron chi connectivity index (χ3n) is 4.53. The number of hydrogen-bond donors (Lipinski definition) is 2. The molecule has 6 nitrogen and oxygen atoms in total. The summed E-state index contributed by atoms with van der Waals surface area (Å²) in [7, 11) is 0. The smallest absolute Gasteiger partial charge is 0.341 e. The number of nitrogens with one attached hydrogen (secondary N) is 2. The van der Waals surface area contributed by atoms with Gasteiger partial charge in [-0.05, 0) is 45.2 Å². The first-order chi connectivity index (χ1) is 12.8. The van der Waals surface area contributed by atoms with Gasteiger partial charge in [-0.3, -0.25) is 5.32 Å². The third-order valence-corrected chi connectivity index (χ3v) is 5.38. The molecule has 2 atom stereocenters. The van der Waals surface area contributed by atoms with Gasteiger partial charge in [-0.1, -0.05) is 23.5 Å². The van der Waals surface area contributed by atoms with E-state index < -0.39 is 17.8 Å². The fourth-order valence-electron chi connectivity index (χ4n) is 3.26. The summed E-state index contributed by atoms with van der Waals surface area (Å²) in [5, 5.41) is 13.7. The summed E-state index contributed by atoms with van der Waals surface area (Å²) in [6.07, 6.45) is -1.28. The van der Waals surface area contributed by atoms with Crippen LogP contribution >= 0.6 is 11.3 Å². The summed E-state index contributed by atoms with van der Waals surface area (Å²) in [6, 6.07) is 4.65. The molecule has 0 unspecified atom stereocenters. The number of halogens is 3. The van der Waals surface area contributed by atoms with E-state index in [2.05, 4.69) is 39.6 Å². The number of aromatic nitrogens is 2. The number of carbonyl (C=O) groups is 1. The highest BCUT2D eigenvalue weighted by molar-refractivity contribution is 7.19. The Labute approximate surface area is 158 Å². The van der Waals surface area contributed by atoms with E-state index in [4.69, 9.17) is 0 Å². The lowest BCUT2D eigenvalue weighted by Crippen LogP contribution is -2.43. The zero-order chi connectivity index (χ0) is 19.6. The van der Waals surface area contributed by atoms with Gasteiger partial charge in [-0.2, -0.15) is 13.2 Å². The minimum absolute atomic E-state index is 0.233. The maximum absolute atomic E-state index is 13.0. The number of urea groups is 1. The van der Waals surface area contributed by atoms with E-state index in [1.165, 1.54) is 29.5 Å². The number of hydrogen-bond acceptors (Lipinski definition) is 5. The zero-order valence-electron chi connectivity index (χ0n) is 14.9. The number of rotatable bonds is 3. The van der Waals surface area contributed by atoms with Gasteiger partial charge in [0.05, 0.1) is 11.3 Å². The highest BCUT2D eigenvalue weighted by Crippen LogP contribution is 2.35. The lowest BCUT2D eigenvalue weighted by Gasteiger charge is -2.38. The molecule has 1 aromatic carbocycles. The number of amides is 2. The molecular formula is C17H20F3N5OS. The van der Waals surface area contributed by atoms with E-state index in [-0.39, 0.29) is 10.8 Å². The van der Waals surface area contributed by atoms with Crippen molar-refractivity contribution in [2.24, 2.45) is 0 Å². The second kappa shape index (κ2) is 7.71. The number of para-hydroxylation sites is 1. The minimum atomic E-state index is -4.56. The molecule has 1 saturated heterocycles. The van der Waals surface area contributed by atoms with Gasteiger partial charge in [0, 0.05) is 12.1 Å². The number of anilines is 3. The number of carbonyl (C=O) groups excluding carboxylic acids is 1. The predicted octanol–water partition coefficient (Wildman–Crippen LogP) is 4.97. The Morgan fingerprint density at radius 2 is 1.81 bits per heavy atom. The minimum Gasteiger partial charge on any atom is -0.341 e. The van der Waals surface area contributed by atoms with Gasteiger partial charge in [0.2, 0.25) is 10.3 Å². The first-order valence-corrected chi connectivity index (χ1v) is 9.43. The molecular weight excluding hydrogens is 379 g/mol. The molecule has 0 aliphatic carbocycles. The van der Waals surface area contributed by atoms with Crippen molar-refractivity contribution in [2.45, 2.75) is 51.4 Å². The van der Waals surface area contributed by atoms with Crippen LogP contribution in [0.1, 0.15) is 38.7 Å². The second-order valence-electron chi connectivity index (χ2n) is 6.55. The van der Waals surface area contributed by atoms with Crippen LogP contribution in [0.2, 0.25) is 0 Å². The lowest BCUT2D eigenvalue weighted by molar-refractivity contribution is -0.136. The Bertz CT molecular complexity index is 800. The molecule has 27 heavy (non-hydrogen) atoms. The SMILES string of the molecule is C[C@@H]1CCC[C@H](C)N1c1nnc(NC(=O)Nc2ccccc2C(F)(F)F)s1. The molecule has 2 aromatic rings. The van der Waals surface area contributed by atoms with Crippen LogP contribution in [0.15, 0.2) is 24.3 Å². The van der Waals surface area contributed by atoms with Gasteiger partial charge in [-0.25, -0.2) is 4.79 Å². The molecule has 0 spiro atoms. The lowest BCUT2D eigenvalue weighted by atomic mass is 9.98. The summed E-state index contributed by atoms with van der Waals surface area (Å²) in [6.45, 7) is 4.23. The van der Waals surface area contributed by atoms with E-state index in [0.29, 0.717) is 17.2 Å². The molecule has 10 heteroatoms. The van der Waals surface area contributed by atoms with Crippen molar-refractivity contribution in [3.05, 3.63) is 29.8 Å². The van der Waals surface area contributed by atoms with E-state index in [0.717, 1.165) is 25.3 Å². The van der Waals surface area contributed by atoms with Crippen LogP contribution in [0.4, 0.5) is 33.9 Å². The summed E-state index contributed by atoms with van der Waals surface area (Å²) in [5.74, 6) is 0. The molecule has 1 aliphatic heterocycles. The quantitative estimate of drug-likeness (QED) is 0.765. The maximum atomic E-state index is 13.0. The molecule has 1 aromatic heterocycles. The number of alkyl halides is 3. The Hall–Kier alpha value is -2.36. The van der Waals surface area contributed by atoms with Crippen molar-refractivity contribution in [1.29, 1.82) is 0 Å². The monoisotopic (exact) mass is 399 g/mol. The highest BCUT2D eigenvalue weighted by Gasteiger charge is 2.33. The Kier molecular flexibility index (Phi) is 5.54. The van der Waals surface area contributed by atoms with Crippen molar-refractivity contribution >= 4 is 33.3 Å². The molecule has 1 aliphatic rings. The molecule has 146 valence electrons. The molecule has 0 bridgehead atoms. The summed E-state index contributed by atoms with van der Waals surface area (Å²) in [4.78, 5) is 14.3. The molecule has 2 amide bonds. The van der Waals surface area contributed by atoms with Gasteiger partial charge in [0.15, 0.2) is 0 Å². The Morgan fingerprint density at radius 3 is 2.48 bits per heavy atom. The zero-order valence-corrected chi connectivity index (χ0v) is 15.7. The molecule has 0 saturated carbocycles. The number of piperidine rings is 1. The topological polar surface area (TPSA) is 70.2 Å². The van der Waals surface area contributed by atoms with E-state index in [1.54, 1.807) is 0 Å². The molecule has 2 heterocycles. The van der Waals surface area contributed by atoms with Crippen molar-refractivity contribution in [1.82, 2.24) is 10.2 Å². The maximum Gasteiger partial charge on any atom is 0.418 e. The normalized spacial score (nSPS) is 20.4. The van der Waals surface area contributed by atoms with Crippen LogP contribution in [-0.4, -0.2) is 28.3 Å². The molecule has 3 rings (SSSR count). The van der Waals surface area contributed by atoms with Crippen molar-refractivity contribution < 1.29 is 18.0 Å². The summed E-state index contributed by atoms with van der Waals surface area (Å²) < 4.78 is 39.0. The van der Waals surface area contributed by atoms with Crippen molar-refractivity contribution in [2.75, 3.05) is 15.5 Å². The van der Waals surface area contributed by atoms with Crippen LogP contribution in [0.25, 0.3) is 0 Å². The average Bonchev–Trinajstić information content (AvgIpc) is 3.02. The standard InChI is InChI=1S/C17H20F3N5OS/c1-10-6-5-7-11(2)25(10)16-24-23-15(27-16)22-14(26)21-13-9-4-3-8-12(13)17(18,19)20/h3-4,8-11H,5-7H2,1-2H3,(H2,21,22,23,26)/t10-,11+. The van der Waals surface area contributed by atoms with Crippen LogP contribution in [0.3, 0.4) is 0 Å². The first-order valence-electron chi connectivity index (χ1n) is 8.62. The average molecular weight is 399 g/mol. The van der Waals surface area contributed by atoms with E-state index in [1.807, 2.05) is 0 Å². The highest BCUT2D eigenvalue weighted by atomic mass is 32.1. The molecule has 0 radical (unpaired) electrons. The van der Waals surface area contributed by atoms with Gasteiger partial charge in [-0.15, -0.1) is 10.2 Å². The van der Waals surface area contributed by atoms with Gasteiger partial charge in [0.1, 0.15) is 0 Å². The Morgan fingerprint density at radius 1 is 1.15 bits per heavy atom. The van der Waals surface area contributed by atoms with Crippen molar-refractivity contribution in [3.63, 3.8) is 0 Å². The van der Waals surface area contributed by atoms with Gasteiger partial charge < -0.3 is 10.2 Å². The van der Waals surface area contributed by atoms with Gasteiger partial charge in [0.25, 0.3) is 0 Å². The van der Waals surface area contributed by atoms with Crippen molar-refractivity contribution in [3.8, 4) is 0 Å². The Balaban J connectivity index is 1.69. The van der Waals surface area contributed by atoms with Crippen LogP contribution < -0.4 is 15.5 Å². The van der Waals surface area contributed by atoms with E-state index >= 15 is 0 Å². The third kappa shape index (κ3) is 4.49. The largest absolute Gasteiger partial charge is 0.418 e. The van der Waals surface area contributed by atoms with Gasteiger partial charge >= 0.3 is 12.2 Å². The fraction of sp³-hybridized carbons (Fsp3) is 0.471. The summed E-state index contributed by atoms with van der Waals surface area (Å²) >= 11 is 1.21. The second-order valence-corrected chi connectivity index (χ2v) is 7.50. The molecule has 1 fully saturated rings. The van der Waals surface area contributed by atoms with E-state index in [9.17, 15) is 18.0 Å². The number of nitrogens with zero attached hydrogens (tertiary/aromatic N) is 3. The summed E-state index contributed by atoms with van der Waals surface area (Å²) in [5.41, 5.74) is -1.22. The van der Waals surface area contributed by atoms with Crippen LogP contribution in [0, 0.1) is 0 Å². The number of benzene rings is 1. The van der Waals surface area contributed by atoms with Crippen LogP contribution in [-0.2, 0) is 6.18 Å². The molecule has 2 N–H and O–H groups in total. The predicted molar refractivity (Wildman–Crippen MR) is 99.2 cm³/mol. The van der Waals surface area contributed by atoms with Crippen LogP contribution in [0.5, 0.6) is 0 Å². The fourth-order valence-corrected chi connectivity index (χ4v) is 4.20.